The summed E-state index contributed by atoms with van der Waals surface area (Å²) in [5.41, 5.74) is 6.84. The molecule has 1 aromatic rings. The first-order chi connectivity index (χ1) is 8.22. The predicted molar refractivity (Wildman–Crippen MR) is 68.1 cm³/mol. The van der Waals surface area contributed by atoms with Crippen molar-refractivity contribution < 1.29 is 4.74 Å². The van der Waals surface area contributed by atoms with E-state index in [1.807, 2.05) is 6.92 Å². The van der Waals surface area contributed by atoms with Gasteiger partial charge in [-0.25, -0.2) is 9.97 Å². The summed E-state index contributed by atoms with van der Waals surface area (Å²) in [6, 6.07) is 0. The van der Waals surface area contributed by atoms with Crippen molar-refractivity contribution in [2.24, 2.45) is 0 Å². The molecule has 5 heteroatoms. The molecule has 1 aromatic heterocycles. The zero-order valence-corrected chi connectivity index (χ0v) is 10.5. The van der Waals surface area contributed by atoms with Gasteiger partial charge in [0.2, 0.25) is 0 Å². The third-order valence-corrected chi connectivity index (χ3v) is 2.96. The van der Waals surface area contributed by atoms with Gasteiger partial charge in [-0.1, -0.05) is 0 Å². The van der Waals surface area contributed by atoms with Crippen molar-refractivity contribution >= 4 is 11.6 Å². The molecular weight excluding hydrogens is 216 g/mol. The van der Waals surface area contributed by atoms with Crippen LogP contribution in [0.3, 0.4) is 0 Å². The summed E-state index contributed by atoms with van der Waals surface area (Å²) in [5, 5.41) is 3.30. The van der Waals surface area contributed by atoms with Crippen LogP contribution in [-0.4, -0.2) is 30.2 Å². The number of hydrogen-bond acceptors (Lipinski definition) is 5. The maximum Gasteiger partial charge on any atom is 0.136 e. The van der Waals surface area contributed by atoms with Gasteiger partial charge in [-0.15, -0.1) is 0 Å². The first-order valence-electron chi connectivity index (χ1n) is 6.09. The van der Waals surface area contributed by atoms with Crippen LogP contribution < -0.4 is 11.1 Å². The largest absolute Gasteiger partial charge is 0.385 e. The lowest BCUT2D eigenvalue weighted by Crippen LogP contribution is -2.11. The molecule has 0 unspecified atom stereocenters. The monoisotopic (exact) mass is 236 g/mol. The van der Waals surface area contributed by atoms with E-state index >= 15 is 0 Å². The summed E-state index contributed by atoms with van der Waals surface area (Å²) in [6.07, 6.45) is 3.33. The van der Waals surface area contributed by atoms with Crippen LogP contribution in [0.5, 0.6) is 0 Å². The second kappa shape index (κ2) is 5.31. The minimum atomic E-state index is 0.525. The number of rotatable bonds is 6. The van der Waals surface area contributed by atoms with E-state index in [4.69, 9.17) is 10.5 Å². The number of methoxy groups -OCH3 is 1. The van der Waals surface area contributed by atoms with Gasteiger partial charge in [-0.3, -0.25) is 0 Å². The summed E-state index contributed by atoms with van der Waals surface area (Å²) < 4.78 is 5.01. The zero-order chi connectivity index (χ0) is 12.3. The second-order valence-electron chi connectivity index (χ2n) is 4.49. The Morgan fingerprint density at radius 3 is 2.82 bits per heavy atom. The van der Waals surface area contributed by atoms with Gasteiger partial charge in [0.15, 0.2) is 0 Å². The Bertz CT molecular complexity index is 390. The SMILES string of the molecule is COCCCNc1nc(C2CC2)nc(N)c1C. The van der Waals surface area contributed by atoms with Crippen LogP contribution in [0.1, 0.15) is 36.6 Å². The van der Waals surface area contributed by atoms with Crippen molar-refractivity contribution in [1.29, 1.82) is 0 Å². The Morgan fingerprint density at radius 1 is 1.41 bits per heavy atom. The van der Waals surface area contributed by atoms with Crippen LogP contribution in [-0.2, 0) is 4.74 Å². The molecule has 0 saturated heterocycles. The molecule has 17 heavy (non-hydrogen) atoms. The Labute approximate surface area is 102 Å². The first-order valence-corrected chi connectivity index (χ1v) is 6.09. The van der Waals surface area contributed by atoms with Crippen LogP contribution in [0.4, 0.5) is 11.6 Å². The van der Waals surface area contributed by atoms with Gasteiger partial charge in [0.05, 0.1) is 0 Å². The standard InChI is InChI=1S/C12H20N4O/c1-8-10(13)15-12(9-4-5-9)16-11(8)14-6-3-7-17-2/h9H,3-7H2,1-2H3,(H3,13,14,15,16). The maximum absolute atomic E-state index is 5.90. The smallest absolute Gasteiger partial charge is 0.136 e. The van der Waals surface area contributed by atoms with Crippen molar-refractivity contribution in [3.63, 3.8) is 0 Å². The lowest BCUT2D eigenvalue weighted by molar-refractivity contribution is 0.197. The topological polar surface area (TPSA) is 73.1 Å². The van der Waals surface area contributed by atoms with E-state index in [2.05, 4.69) is 15.3 Å². The van der Waals surface area contributed by atoms with Crippen LogP contribution >= 0.6 is 0 Å². The molecule has 5 nitrogen and oxygen atoms in total. The third-order valence-electron chi connectivity index (χ3n) is 2.96. The molecule has 0 atom stereocenters. The highest BCUT2D eigenvalue weighted by molar-refractivity contribution is 5.55. The molecule has 2 rings (SSSR count). The Kier molecular flexibility index (Phi) is 3.78. The van der Waals surface area contributed by atoms with Crippen LogP contribution in [0.15, 0.2) is 0 Å². The average molecular weight is 236 g/mol. The van der Waals surface area contributed by atoms with Gasteiger partial charge in [0.1, 0.15) is 17.5 Å². The van der Waals surface area contributed by atoms with Crippen molar-refractivity contribution in [3.05, 3.63) is 11.4 Å². The molecule has 1 aliphatic carbocycles. The van der Waals surface area contributed by atoms with Crippen LogP contribution in [0, 0.1) is 6.92 Å². The minimum absolute atomic E-state index is 0.525. The van der Waals surface area contributed by atoms with Gasteiger partial charge >= 0.3 is 0 Å². The molecule has 1 saturated carbocycles. The molecule has 0 aromatic carbocycles. The van der Waals surface area contributed by atoms with Crippen molar-refractivity contribution in [2.75, 3.05) is 31.3 Å². The highest BCUT2D eigenvalue weighted by Crippen LogP contribution is 2.39. The summed E-state index contributed by atoms with van der Waals surface area (Å²) in [6.45, 7) is 3.54. The van der Waals surface area contributed by atoms with Gasteiger partial charge in [0, 0.05) is 31.7 Å². The molecule has 0 spiro atoms. The number of nitrogens with two attached hydrogens (primary N) is 1. The fourth-order valence-corrected chi connectivity index (χ4v) is 1.67. The second-order valence-corrected chi connectivity index (χ2v) is 4.49. The lowest BCUT2D eigenvalue weighted by Gasteiger charge is -2.11. The number of nitrogens with zero attached hydrogens (tertiary/aromatic N) is 2. The molecule has 3 N–H and O–H groups in total. The molecule has 0 aliphatic heterocycles. The molecule has 0 bridgehead atoms. The quantitative estimate of drug-likeness (QED) is 0.735. The Hall–Kier alpha value is -1.36. The Morgan fingerprint density at radius 2 is 2.18 bits per heavy atom. The van der Waals surface area contributed by atoms with Gasteiger partial charge in [-0.05, 0) is 26.2 Å². The van der Waals surface area contributed by atoms with E-state index in [1.165, 1.54) is 12.8 Å². The van der Waals surface area contributed by atoms with Crippen LogP contribution in [0.2, 0.25) is 0 Å². The molecule has 0 amide bonds. The number of ether oxygens (including phenoxy) is 1. The number of nitrogen functional groups attached to an aromatic ring is 1. The summed E-state index contributed by atoms with van der Waals surface area (Å²) in [5.74, 6) is 2.88. The van der Waals surface area contributed by atoms with Gasteiger partial charge in [-0.2, -0.15) is 0 Å². The number of anilines is 2. The normalized spacial score (nSPS) is 14.9. The van der Waals surface area contributed by atoms with E-state index in [0.29, 0.717) is 11.7 Å². The highest BCUT2D eigenvalue weighted by Gasteiger charge is 2.27. The van der Waals surface area contributed by atoms with E-state index in [9.17, 15) is 0 Å². The number of aromatic nitrogens is 2. The molecule has 1 aliphatic rings. The van der Waals surface area contributed by atoms with Crippen molar-refractivity contribution in [1.82, 2.24) is 9.97 Å². The van der Waals surface area contributed by atoms with Crippen molar-refractivity contribution in [2.45, 2.75) is 32.1 Å². The predicted octanol–water partition coefficient (Wildman–Crippen LogP) is 1.69. The number of hydrogen-bond donors (Lipinski definition) is 2. The minimum Gasteiger partial charge on any atom is -0.385 e. The van der Waals surface area contributed by atoms with Gasteiger partial charge in [0.25, 0.3) is 0 Å². The van der Waals surface area contributed by atoms with Crippen LogP contribution in [0.25, 0.3) is 0 Å². The van der Waals surface area contributed by atoms with E-state index in [0.717, 1.165) is 36.8 Å². The number of nitrogens with one attached hydrogen (secondary N) is 1. The maximum atomic E-state index is 5.90. The summed E-state index contributed by atoms with van der Waals surface area (Å²) in [4.78, 5) is 8.89. The van der Waals surface area contributed by atoms with E-state index < -0.39 is 0 Å². The highest BCUT2D eigenvalue weighted by atomic mass is 16.5. The fraction of sp³-hybridized carbons (Fsp3) is 0.667. The summed E-state index contributed by atoms with van der Waals surface area (Å²) in [7, 11) is 1.71. The first kappa shape index (κ1) is 12.1. The molecule has 1 heterocycles. The fourth-order valence-electron chi connectivity index (χ4n) is 1.67. The molecule has 1 fully saturated rings. The summed E-state index contributed by atoms with van der Waals surface area (Å²) >= 11 is 0. The van der Waals surface area contributed by atoms with E-state index in [1.54, 1.807) is 7.11 Å². The lowest BCUT2D eigenvalue weighted by atomic mass is 10.3. The van der Waals surface area contributed by atoms with Gasteiger partial charge < -0.3 is 15.8 Å². The molecular formula is C12H20N4O. The third kappa shape index (κ3) is 3.06. The van der Waals surface area contributed by atoms with Crippen molar-refractivity contribution in [3.8, 4) is 0 Å². The Balaban J connectivity index is 2.03. The van der Waals surface area contributed by atoms with E-state index in [-0.39, 0.29) is 0 Å². The average Bonchev–Trinajstić information content (AvgIpc) is 3.13. The molecule has 0 radical (unpaired) electrons. The zero-order valence-electron chi connectivity index (χ0n) is 10.5. The molecule has 94 valence electrons.